The van der Waals surface area contributed by atoms with Crippen LogP contribution in [0, 0.1) is 10.1 Å². The normalized spacial score (nSPS) is 16.7. The van der Waals surface area contributed by atoms with Crippen molar-refractivity contribution in [2.45, 2.75) is 30.2 Å². The first kappa shape index (κ1) is 21.3. The molecule has 0 saturated carbocycles. The molecule has 2 aromatic rings. The zero-order valence-electron chi connectivity index (χ0n) is 16.6. The maximum atomic E-state index is 12.9. The molecule has 2 N–H and O–H groups in total. The first-order chi connectivity index (χ1) is 13.8. The van der Waals surface area contributed by atoms with E-state index >= 15 is 0 Å². The largest absolute Gasteiger partial charge is 0.463 e. The van der Waals surface area contributed by atoms with Crippen LogP contribution in [0.15, 0.2) is 45.9 Å². The van der Waals surface area contributed by atoms with Gasteiger partial charge in [-0.3, -0.25) is 10.1 Å². The molecule has 0 bridgehead atoms. The van der Waals surface area contributed by atoms with Gasteiger partial charge in [-0.05, 0) is 37.1 Å². The predicted molar refractivity (Wildman–Crippen MR) is 108 cm³/mol. The molecule has 158 valence electrons. The Morgan fingerprint density at radius 3 is 2.55 bits per heavy atom. The number of nitrogens with zero attached hydrogens (tertiary/aromatic N) is 2. The highest BCUT2D eigenvalue weighted by atomic mass is 32.2. The number of sulfonamides is 1. The standard InChI is InChI=1S/C19H26N4O5S/c1-21(2)18(19-7-6-12-28-19)14-20-16-9-8-15(13-17(16)23(24)25)29(26,27)22-10-4-3-5-11-22/h6-9,12-13,18,20H,3-5,10-11,14H2,1-2H3/p+1/t18-/m0/s1. The Morgan fingerprint density at radius 1 is 1.24 bits per heavy atom. The fourth-order valence-electron chi connectivity index (χ4n) is 3.52. The molecule has 0 amide bonds. The Morgan fingerprint density at radius 2 is 1.97 bits per heavy atom. The highest BCUT2D eigenvalue weighted by Crippen LogP contribution is 2.30. The van der Waals surface area contributed by atoms with E-state index in [9.17, 15) is 18.5 Å². The van der Waals surface area contributed by atoms with Crippen LogP contribution in [0.1, 0.15) is 31.1 Å². The first-order valence-electron chi connectivity index (χ1n) is 9.66. The number of nitrogens with one attached hydrogen (secondary N) is 2. The summed E-state index contributed by atoms with van der Waals surface area (Å²) in [6.45, 7) is 1.30. The van der Waals surface area contributed by atoms with Crippen LogP contribution < -0.4 is 10.2 Å². The number of anilines is 1. The lowest BCUT2D eigenvalue weighted by molar-refractivity contribution is -0.891. The lowest BCUT2D eigenvalue weighted by atomic mass is 10.2. The Kier molecular flexibility index (Phi) is 6.56. The fraction of sp³-hybridized carbons (Fsp3) is 0.474. The van der Waals surface area contributed by atoms with Crippen LogP contribution in [0.2, 0.25) is 0 Å². The molecule has 0 radical (unpaired) electrons. The van der Waals surface area contributed by atoms with Gasteiger partial charge < -0.3 is 14.6 Å². The lowest BCUT2D eigenvalue weighted by Gasteiger charge is -2.26. The zero-order valence-corrected chi connectivity index (χ0v) is 17.4. The average molecular weight is 424 g/mol. The second kappa shape index (κ2) is 8.93. The molecule has 9 nitrogen and oxygen atoms in total. The van der Waals surface area contributed by atoms with E-state index in [-0.39, 0.29) is 22.3 Å². The summed E-state index contributed by atoms with van der Waals surface area (Å²) in [5, 5.41) is 14.7. The van der Waals surface area contributed by atoms with E-state index in [0.29, 0.717) is 19.6 Å². The third kappa shape index (κ3) is 4.77. The molecule has 1 aliphatic heterocycles. The molecule has 1 aromatic heterocycles. The Bertz CT molecular complexity index is 938. The molecule has 1 aromatic carbocycles. The number of piperidine rings is 1. The van der Waals surface area contributed by atoms with E-state index in [1.165, 1.54) is 16.4 Å². The molecule has 2 heterocycles. The van der Waals surface area contributed by atoms with Crippen LogP contribution in [-0.2, 0) is 10.0 Å². The number of hydrogen-bond donors (Lipinski definition) is 2. The molecule has 3 rings (SSSR count). The number of benzene rings is 1. The van der Waals surface area contributed by atoms with Gasteiger partial charge in [0.1, 0.15) is 5.69 Å². The van der Waals surface area contributed by atoms with Crippen molar-refractivity contribution in [3.05, 3.63) is 52.5 Å². The first-order valence-corrected chi connectivity index (χ1v) is 11.1. The van der Waals surface area contributed by atoms with E-state index in [0.717, 1.165) is 36.0 Å². The third-order valence-electron chi connectivity index (χ3n) is 5.20. The molecule has 1 aliphatic rings. The summed E-state index contributed by atoms with van der Waals surface area (Å²) in [6.07, 6.45) is 4.21. The van der Waals surface area contributed by atoms with Crippen LogP contribution in [0.4, 0.5) is 11.4 Å². The summed E-state index contributed by atoms with van der Waals surface area (Å²) in [4.78, 5) is 12.1. The summed E-state index contributed by atoms with van der Waals surface area (Å²) in [5.74, 6) is 0.768. The number of nitro benzene ring substituents is 1. The number of nitro groups is 1. The number of furan rings is 1. The van der Waals surface area contributed by atoms with Gasteiger partial charge in [-0.15, -0.1) is 0 Å². The summed E-state index contributed by atoms with van der Waals surface area (Å²) in [6, 6.07) is 7.66. The van der Waals surface area contributed by atoms with Crippen molar-refractivity contribution < 1.29 is 22.7 Å². The van der Waals surface area contributed by atoms with Crippen molar-refractivity contribution >= 4 is 21.4 Å². The molecule has 0 spiro atoms. The quantitative estimate of drug-likeness (QED) is 0.494. The van der Waals surface area contributed by atoms with Crippen LogP contribution in [-0.4, -0.2) is 51.4 Å². The summed E-state index contributed by atoms with van der Waals surface area (Å²) in [7, 11) is 0.207. The number of likely N-dealkylation sites (N-methyl/N-ethyl adjacent to an activating group) is 1. The second-order valence-electron chi connectivity index (χ2n) is 7.43. The lowest BCUT2D eigenvalue weighted by Crippen LogP contribution is -3.06. The molecule has 1 fully saturated rings. The Balaban J connectivity index is 1.84. The summed E-state index contributed by atoms with van der Waals surface area (Å²) < 4.78 is 32.6. The molecule has 1 saturated heterocycles. The fourth-order valence-corrected chi connectivity index (χ4v) is 5.06. The van der Waals surface area contributed by atoms with E-state index in [1.807, 2.05) is 20.2 Å². The van der Waals surface area contributed by atoms with E-state index in [4.69, 9.17) is 4.42 Å². The minimum absolute atomic E-state index is 0.0440. The number of rotatable bonds is 8. The second-order valence-corrected chi connectivity index (χ2v) is 9.37. The maximum Gasteiger partial charge on any atom is 0.293 e. The predicted octanol–water partition coefficient (Wildman–Crippen LogP) is 1.66. The number of hydrogen-bond acceptors (Lipinski definition) is 6. The van der Waals surface area contributed by atoms with Gasteiger partial charge in [0.15, 0.2) is 11.8 Å². The van der Waals surface area contributed by atoms with Gasteiger partial charge in [-0.25, -0.2) is 8.42 Å². The summed E-state index contributed by atoms with van der Waals surface area (Å²) in [5.41, 5.74) is 0.0282. The van der Waals surface area contributed by atoms with Crippen molar-refractivity contribution in [3.63, 3.8) is 0 Å². The van der Waals surface area contributed by atoms with Crippen LogP contribution in [0.25, 0.3) is 0 Å². The molecular weight excluding hydrogens is 396 g/mol. The molecule has 0 aliphatic carbocycles. The van der Waals surface area contributed by atoms with Crippen molar-refractivity contribution in [3.8, 4) is 0 Å². The number of quaternary nitrogens is 1. The van der Waals surface area contributed by atoms with Crippen molar-refractivity contribution in [1.82, 2.24) is 4.31 Å². The Hall–Kier alpha value is -2.43. The topological polar surface area (TPSA) is 110 Å². The zero-order chi connectivity index (χ0) is 21.0. The van der Waals surface area contributed by atoms with Gasteiger partial charge in [0.2, 0.25) is 10.0 Å². The molecular formula is C19H27N4O5S+. The summed E-state index contributed by atoms with van der Waals surface area (Å²) >= 11 is 0. The van der Waals surface area contributed by atoms with Gasteiger partial charge in [0, 0.05) is 19.2 Å². The van der Waals surface area contributed by atoms with E-state index in [1.54, 1.807) is 12.3 Å². The molecule has 0 unspecified atom stereocenters. The van der Waals surface area contributed by atoms with Gasteiger partial charge >= 0.3 is 0 Å². The van der Waals surface area contributed by atoms with Gasteiger partial charge in [0.25, 0.3) is 5.69 Å². The minimum atomic E-state index is -3.73. The molecule has 29 heavy (non-hydrogen) atoms. The van der Waals surface area contributed by atoms with Gasteiger partial charge in [-0.2, -0.15) is 4.31 Å². The van der Waals surface area contributed by atoms with Crippen LogP contribution in [0.5, 0.6) is 0 Å². The van der Waals surface area contributed by atoms with Crippen LogP contribution in [0.3, 0.4) is 0 Å². The van der Waals surface area contributed by atoms with Crippen molar-refractivity contribution in [2.24, 2.45) is 0 Å². The van der Waals surface area contributed by atoms with E-state index < -0.39 is 14.9 Å². The van der Waals surface area contributed by atoms with Crippen molar-refractivity contribution in [1.29, 1.82) is 0 Å². The minimum Gasteiger partial charge on any atom is -0.463 e. The van der Waals surface area contributed by atoms with E-state index in [2.05, 4.69) is 5.32 Å². The van der Waals surface area contributed by atoms with Gasteiger partial charge in [0.05, 0.1) is 36.7 Å². The molecule has 10 heteroatoms. The highest BCUT2D eigenvalue weighted by molar-refractivity contribution is 7.89. The monoisotopic (exact) mass is 423 g/mol. The van der Waals surface area contributed by atoms with Crippen LogP contribution >= 0.6 is 0 Å². The third-order valence-corrected chi connectivity index (χ3v) is 7.09. The van der Waals surface area contributed by atoms with Crippen molar-refractivity contribution in [2.75, 3.05) is 39.0 Å². The molecule has 1 atom stereocenters. The smallest absolute Gasteiger partial charge is 0.293 e. The Labute approximate surface area is 170 Å². The maximum absolute atomic E-state index is 12.9. The SMILES string of the molecule is C[NH+](C)[C@@H](CNc1ccc(S(=O)(=O)N2CCCCC2)cc1[N+](=O)[O-])c1ccco1. The highest BCUT2D eigenvalue weighted by Gasteiger charge is 2.29. The van der Waals surface area contributed by atoms with Gasteiger partial charge in [-0.1, -0.05) is 6.42 Å². The average Bonchev–Trinajstić information content (AvgIpc) is 3.23.